The Morgan fingerprint density at radius 3 is 2.64 bits per heavy atom. The van der Waals surface area contributed by atoms with Crippen molar-refractivity contribution in [2.24, 2.45) is 0 Å². The van der Waals surface area contributed by atoms with E-state index >= 15 is 0 Å². The number of nitrogens with one attached hydrogen (secondary N) is 2. The van der Waals surface area contributed by atoms with Gasteiger partial charge >= 0.3 is 0 Å². The number of aromatic nitrogens is 3. The lowest BCUT2D eigenvalue weighted by Gasteiger charge is -2.09. The molecule has 2 N–H and O–H groups in total. The topological polar surface area (TPSA) is 77.4 Å². The van der Waals surface area contributed by atoms with Gasteiger partial charge in [0, 0.05) is 23.9 Å². The lowest BCUT2D eigenvalue weighted by atomic mass is 10.0. The minimum absolute atomic E-state index is 0.0178. The number of nitrogens with zero attached hydrogens (tertiary/aromatic N) is 3. The second kappa shape index (κ2) is 8.73. The monoisotopic (exact) mass is 453 g/mol. The van der Waals surface area contributed by atoms with Crippen molar-refractivity contribution in [2.75, 3.05) is 5.32 Å². The van der Waals surface area contributed by atoms with E-state index in [1.165, 1.54) is 6.07 Å². The Kier molecular flexibility index (Phi) is 5.47. The van der Waals surface area contributed by atoms with E-state index < -0.39 is 5.82 Å². The predicted molar refractivity (Wildman–Crippen MR) is 128 cm³/mol. The highest BCUT2D eigenvalue weighted by Gasteiger charge is 2.18. The molecule has 0 bridgehead atoms. The third kappa shape index (κ3) is 4.14. The van der Waals surface area contributed by atoms with Crippen molar-refractivity contribution < 1.29 is 4.39 Å². The average molecular weight is 454 g/mol. The zero-order chi connectivity index (χ0) is 22.8. The van der Waals surface area contributed by atoms with Gasteiger partial charge in [0.25, 0.3) is 0 Å². The first-order valence-corrected chi connectivity index (χ1v) is 10.6. The fourth-order valence-corrected chi connectivity index (χ4v) is 3.93. The van der Waals surface area contributed by atoms with Crippen LogP contribution in [0.1, 0.15) is 11.3 Å². The van der Waals surface area contributed by atoms with E-state index in [2.05, 4.69) is 26.3 Å². The number of rotatable bonds is 5. The van der Waals surface area contributed by atoms with Crippen molar-refractivity contribution in [2.45, 2.75) is 6.54 Å². The van der Waals surface area contributed by atoms with Gasteiger partial charge in [0.2, 0.25) is 0 Å². The van der Waals surface area contributed by atoms with E-state index in [1.807, 2.05) is 48.5 Å². The Bertz CT molecular complexity index is 1500. The molecule has 5 rings (SSSR count). The molecule has 7 heteroatoms. The number of aromatic amines is 1. The van der Waals surface area contributed by atoms with E-state index in [0.29, 0.717) is 29.1 Å². The Balaban J connectivity index is 1.62. The fraction of sp³-hybridized carbons (Fsp3) is 0.0385. The highest BCUT2D eigenvalue weighted by atomic mass is 35.5. The predicted octanol–water partition coefficient (Wildman–Crippen LogP) is 6.57. The largest absolute Gasteiger partial charge is 0.366 e. The summed E-state index contributed by atoms with van der Waals surface area (Å²) >= 11 is 6.09. The lowest BCUT2D eigenvalue weighted by Crippen LogP contribution is -2.01. The summed E-state index contributed by atoms with van der Waals surface area (Å²) in [6.07, 6.45) is 1.73. The molecule has 0 fully saturated rings. The van der Waals surface area contributed by atoms with Crippen molar-refractivity contribution >= 4 is 28.5 Å². The molecule has 0 radical (unpaired) electrons. The van der Waals surface area contributed by atoms with Crippen LogP contribution in [-0.4, -0.2) is 15.0 Å². The molecule has 5 aromatic rings. The molecular formula is C26H17ClFN5. The van der Waals surface area contributed by atoms with Gasteiger partial charge in [-0.3, -0.25) is 0 Å². The molecule has 0 aliphatic rings. The van der Waals surface area contributed by atoms with Crippen molar-refractivity contribution in [3.05, 3.63) is 101 Å². The second-order valence-corrected chi connectivity index (χ2v) is 7.88. The van der Waals surface area contributed by atoms with E-state index in [-0.39, 0.29) is 5.02 Å². The number of benzene rings is 2. The van der Waals surface area contributed by atoms with E-state index in [0.717, 1.165) is 27.9 Å². The summed E-state index contributed by atoms with van der Waals surface area (Å²) in [5.41, 5.74) is 5.89. The van der Waals surface area contributed by atoms with Crippen molar-refractivity contribution in [3.8, 4) is 28.5 Å². The number of hydrogen-bond donors (Lipinski definition) is 2. The highest BCUT2D eigenvalue weighted by Crippen LogP contribution is 2.39. The van der Waals surface area contributed by atoms with Gasteiger partial charge < -0.3 is 10.3 Å². The normalized spacial score (nSPS) is 10.8. The summed E-state index contributed by atoms with van der Waals surface area (Å²) in [6.45, 7) is 0.636. The van der Waals surface area contributed by atoms with Crippen molar-refractivity contribution in [3.63, 3.8) is 0 Å². The number of H-pyrrole nitrogens is 1. The van der Waals surface area contributed by atoms with Crippen LogP contribution in [-0.2, 0) is 6.54 Å². The number of halogens is 2. The van der Waals surface area contributed by atoms with Gasteiger partial charge in [-0.1, -0.05) is 48.0 Å². The first-order chi connectivity index (χ1) is 16.1. The van der Waals surface area contributed by atoms with Gasteiger partial charge in [0.05, 0.1) is 21.7 Å². The molecule has 0 atom stereocenters. The number of anilines is 1. The first kappa shape index (κ1) is 20.7. The molecule has 0 aliphatic carbocycles. The van der Waals surface area contributed by atoms with E-state index in [4.69, 9.17) is 11.6 Å². The third-order valence-corrected chi connectivity index (χ3v) is 5.62. The molecular weight excluding hydrogens is 437 g/mol. The summed E-state index contributed by atoms with van der Waals surface area (Å²) in [7, 11) is 0. The van der Waals surface area contributed by atoms with Crippen LogP contribution in [0.5, 0.6) is 0 Å². The van der Waals surface area contributed by atoms with E-state index in [9.17, 15) is 9.65 Å². The van der Waals surface area contributed by atoms with Crippen LogP contribution < -0.4 is 5.32 Å². The zero-order valence-electron chi connectivity index (χ0n) is 17.3. The summed E-state index contributed by atoms with van der Waals surface area (Å²) in [6, 6.07) is 24.0. The molecule has 0 spiro atoms. The average Bonchev–Trinajstić information content (AvgIpc) is 3.24. The maximum absolute atomic E-state index is 13.9. The second-order valence-electron chi connectivity index (χ2n) is 7.48. The highest BCUT2D eigenvalue weighted by molar-refractivity contribution is 6.31. The van der Waals surface area contributed by atoms with Crippen molar-refractivity contribution in [1.82, 2.24) is 15.0 Å². The van der Waals surface area contributed by atoms with Crippen LogP contribution >= 0.6 is 11.6 Å². The van der Waals surface area contributed by atoms with Gasteiger partial charge in [-0.25, -0.2) is 14.4 Å². The third-order valence-electron chi connectivity index (χ3n) is 5.33. The van der Waals surface area contributed by atoms with Gasteiger partial charge in [-0.15, -0.1) is 0 Å². The standard InChI is InChI=1S/C26H17ClFN5/c27-20-12-17(6-8-21(20)28)24-25(33-22-9-7-19(14-29)32-26(22)24)18-10-11-30-23(13-18)31-15-16-4-2-1-3-5-16/h1-13,33H,15H2,(H,30,31). The maximum Gasteiger partial charge on any atom is 0.141 e. The summed E-state index contributed by atoms with van der Waals surface area (Å²) < 4.78 is 13.9. The first-order valence-electron chi connectivity index (χ1n) is 10.2. The fourth-order valence-electron chi connectivity index (χ4n) is 3.75. The number of pyridine rings is 2. The molecule has 0 saturated carbocycles. The summed E-state index contributed by atoms with van der Waals surface area (Å²) in [4.78, 5) is 12.3. The zero-order valence-corrected chi connectivity index (χ0v) is 18.1. The molecule has 0 aliphatic heterocycles. The number of nitriles is 1. The maximum atomic E-state index is 13.9. The molecule has 160 valence electrons. The van der Waals surface area contributed by atoms with Crippen molar-refractivity contribution in [1.29, 1.82) is 5.26 Å². The minimum atomic E-state index is -0.496. The number of hydrogen-bond acceptors (Lipinski definition) is 4. The number of fused-ring (bicyclic) bond motifs is 1. The molecule has 0 amide bonds. The Morgan fingerprint density at radius 2 is 1.85 bits per heavy atom. The van der Waals surface area contributed by atoms with Gasteiger partial charge in [0.15, 0.2) is 0 Å². The van der Waals surface area contributed by atoms with E-state index in [1.54, 1.807) is 24.4 Å². The van der Waals surface area contributed by atoms with Gasteiger partial charge in [0.1, 0.15) is 23.4 Å². The van der Waals surface area contributed by atoms with Gasteiger partial charge in [-0.2, -0.15) is 5.26 Å². The smallest absolute Gasteiger partial charge is 0.141 e. The Hall–Kier alpha value is -4.21. The summed E-state index contributed by atoms with van der Waals surface area (Å²) in [5.74, 6) is 0.215. The quantitative estimate of drug-likeness (QED) is 0.315. The Labute approximate surface area is 194 Å². The summed E-state index contributed by atoms with van der Waals surface area (Å²) in [5, 5.41) is 12.7. The van der Waals surface area contributed by atoms with Crippen LogP contribution in [0.3, 0.4) is 0 Å². The lowest BCUT2D eigenvalue weighted by molar-refractivity contribution is 0.628. The Morgan fingerprint density at radius 1 is 1.00 bits per heavy atom. The molecule has 0 saturated heterocycles. The van der Waals surface area contributed by atoms with Gasteiger partial charge in [-0.05, 0) is 47.5 Å². The molecule has 5 nitrogen and oxygen atoms in total. The van der Waals surface area contributed by atoms with Crippen LogP contribution in [0.15, 0.2) is 79.0 Å². The molecule has 33 heavy (non-hydrogen) atoms. The van der Waals surface area contributed by atoms with Crippen LogP contribution in [0.25, 0.3) is 33.4 Å². The molecule has 3 aromatic heterocycles. The SMILES string of the molecule is N#Cc1ccc2[nH]c(-c3ccnc(NCc4ccccc4)c3)c(-c3ccc(F)c(Cl)c3)c2n1. The molecule has 2 aromatic carbocycles. The molecule has 0 unspecified atom stereocenters. The van der Waals surface area contributed by atoms with Crippen LogP contribution in [0.2, 0.25) is 5.02 Å². The van der Waals surface area contributed by atoms with Crippen LogP contribution in [0.4, 0.5) is 10.2 Å². The molecule has 3 heterocycles. The van der Waals surface area contributed by atoms with Crippen LogP contribution in [0, 0.1) is 17.1 Å². The minimum Gasteiger partial charge on any atom is -0.366 e.